The summed E-state index contributed by atoms with van der Waals surface area (Å²) in [5, 5.41) is 0. The first-order valence-corrected chi connectivity index (χ1v) is 7.08. The molecule has 1 saturated carbocycles. The van der Waals surface area contributed by atoms with Gasteiger partial charge in [0.25, 0.3) is 0 Å². The molecule has 1 fully saturated rings. The molecule has 0 spiro atoms. The van der Waals surface area contributed by atoms with Crippen LogP contribution in [0.15, 0.2) is 24.3 Å². The molecule has 1 aromatic carbocycles. The summed E-state index contributed by atoms with van der Waals surface area (Å²) in [4.78, 5) is 2.34. The van der Waals surface area contributed by atoms with Gasteiger partial charge in [-0.15, -0.1) is 0 Å². The zero-order valence-corrected chi connectivity index (χ0v) is 11.9. The first kappa shape index (κ1) is 13.6. The molecule has 100 valence electrons. The fourth-order valence-electron chi connectivity index (χ4n) is 3.36. The summed E-state index contributed by atoms with van der Waals surface area (Å²) in [6, 6.07) is 9.56. The van der Waals surface area contributed by atoms with Crippen LogP contribution in [0, 0.1) is 5.41 Å². The van der Waals surface area contributed by atoms with Gasteiger partial charge in [-0.25, -0.2) is 0 Å². The highest BCUT2D eigenvalue weighted by Crippen LogP contribution is 2.51. The van der Waals surface area contributed by atoms with Gasteiger partial charge < -0.3 is 10.6 Å². The molecule has 0 saturated heterocycles. The van der Waals surface area contributed by atoms with Crippen LogP contribution in [0.4, 0.5) is 0 Å². The summed E-state index contributed by atoms with van der Waals surface area (Å²) in [7, 11) is 4.35. The quantitative estimate of drug-likeness (QED) is 0.865. The van der Waals surface area contributed by atoms with Crippen molar-refractivity contribution in [2.75, 3.05) is 20.6 Å². The largest absolute Gasteiger partial charge is 0.330 e. The van der Waals surface area contributed by atoms with Gasteiger partial charge >= 0.3 is 0 Å². The monoisotopic (exact) mass is 246 g/mol. The van der Waals surface area contributed by atoms with Gasteiger partial charge in [0, 0.05) is 11.5 Å². The normalized spacial score (nSPS) is 19.6. The third kappa shape index (κ3) is 2.32. The second-order valence-corrected chi connectivity index (χ2v) is 5.88. The van der Waals surface area contributed by atoms with E-state index >= 15 is 0 Å². The van der Waals surface area contributed by atoms with Crippen LogP contribution in [0.25, 0.3) is 0 Å². The molecular weight excluding hydrogens is 220 g/mol. The number of benzene rings is 1. The van der Waals surface area contributed by atoms with Crippen LogP contribution in [0.3, 0.4) is 0 Å². The molecule has 1 unspecified atom stereocenters. The highest BCUT2D eigenvalue weighted by Gasteiger charge is 2.44. The molecule has 0 aliphatic heterocycles. The van der Waals surface area contributed by atoms with Crippen molar-refractivity contribution < 1.29 is 0 Å². The molecule has 1 aliphatic rings. The van der Waals surface area contributed by atoms with E-state index in [1.807, 2.05) is 0 Å². The minimum Gasteiger partial charge on any atom is -0.330 e. The smallest absolute Gasteiger partial charge is 0.0410 e. The van der Waals surface area contributed by atoms with Crippen LogP contribution in [-0.4, -0.2) is 25.5 Å². The van der Waals surface area contributed by atoms with E-state index in [-0.39, 0.29) is 0 Å². The maximum Gasteiger partial charge on any atom is 0.0410 e. The zero-order chi connectivity index (χ0) is 13.2. The van der Waals surface area contributed by atoms with E-state index in [0.29, 0.717) is 11.5 Å². The summed E-state index contributed by atoms with van der Waals surface area (Å²) in [5.41, 5.74) is 9.20. The Kier molecular flexibility index (Phi) is 4.08. The first-order chi connectivity index (χ1) is 8.63. The maximum atomic E-state index is 6.07. The molecule has 1 aliphatic carbocycles. The number of hydrogen-bond donors (Lipinski definition) is 1. The zero-order valence-electron chi connectivity index (χ0n) is 11.9. The Balaban J connectivity index is 2.29. The van der Waals surface area contributed by atoms with E-state index in [0.717, 1.165) is 13.0 Å². The summed E-state index contributed by atoms with van der Waals surface area (Å²) < 4.78 is 0. The average molecular weight is 246 g/mol. The Morgan fingerprint density at radius 3 is 2.17 bits per heavy atom. The van der Waals surface area contributed by atoms with E-state index in [2.05, 4.69) is 50.2 Å². The van der Waals surface area contributed by atoms with Crippen LogP contribution in [0.5, 0.6) is 0 Å². The number of nitrogens with zero attached hydrogens (tertiary/aromatic N) is 1. The van der Waals surface area contributed by atoms with Gasteiger partial charge in [0.2, 0.25) is 0 Å². The minimum atomic E-state index is 0.303. The molecule has 0 bridgehead atoms. The molecule has 0 radical (unpaired) electrons. The Labute approximate surface area is 111 Å². The number of aryl methyl sites for hydroxylation is 1. The van der Waals surface area contributed by atoms with Crippen LogP contribution in [0.1, 0.15) is 43.4 Å². The van der Waals surface area contributed by atoms with Gasteiger partial charge in [-0.2, -0.15) is 0 Å². The molecule has 0 aromatic heterocycles. The van der Waals surface area contributed by atoms with Crippen molar-refractivity contribution in [2.45, 2.75) is 38.6 Å². The predicted octanol–water partition coefficient (Wildman–Crippen LogP) is 2.98. The van der Waals surface area contributed by atoms with Gasteiger partial charge in [0.05, 0.1) is 0 Å². The van der Waals surface area contributed by atoms with Crippen molar-refractivity contribution in [1.82, 2.24) is 4.90 Å². The topological polar surface area (TPSA) is 29.3 Å². The van der Waals surface area contributed by atoms with Gasteiger partial charge in [0.15, 0.2) is 0 Å². The van der Waals surface area contributed by atoms with Gasteiger partial charge in [-0.1, -0.05) is 37.6 Å². The van der Waals surface area contributed by atoms with E-state index in [4.69, 9.17) is 5.73 Å². The lowest BCUT2D eigenvalue weighted by molar-refractivity contribution is 0.0282. The van der Waals surface area contributed by atoms with Crippen LogP contribution < -0.4 is 5.73 Å². The van der Waals surface area contributed by atoms with Crippen LogP contribution in [-0.2, 0) is 6.42 Å². The third-order valence-corrected chi connectivity index (χ3v) is 4.56. The Hall–Kier alpha value is -0.860. The summed E-state index contributed by atoms with van der Waals surface area (Å²) in [6.07, 6.45) is 4.97. The van der Waals surface area contributed by atoms with E-state index in [1.165, 1.54) is 30.4 Å². The SMILES string of the molecule is CCc1ccc(C(N(C)C)C2(CN)CCC2)cc1. The molecular formula is C16H26N2. The fourth-order valence-corrected chi connectivity index (χ4v) is 3.36. The lowest BCUT2D eigenvalue weighted by Gasteiger charge is -2.50. The summed E-state index contributed by atoms with van der Waals surface area (Å²) >= 11 is 0. The number of rotatable bonds is 5. The second-order valence-electron chi connectivity index (χ2n) is 5.88. The molecule has 2 nitrogen and oxygen atoms in total. The molecule has 18 heavy (non-hydrogen) atoms. The van der Waals surface area contributed by atoms with Gasteiger partial charge in [0.1, 0.15) is 0 Å². The van der Waals surface area contributed by atoms with Crippen molar-refractivity contribution in [3.63, 3.8) is 0 Å². The van der Waals surface area contributed by atoms with Crippen molar-refractivity contribution in [1.29, 1.82) is 0 Å². The molecule has 2 rings (SSSR count). The van der Waals surface area contributed by atoms with Gasteiger partial charge in [-0.3, -0.25) is 0 Å². The molecule has 1 atom stereocenters. The molecule has 0 amide bonds. The van der Waals surface area contributed by atoms with Crippen LogP contribution >= 0.6 is 0 Å². The standard InChI is InChI=1S/C16H26N2/c1-4-13-6-8-14(9-7-13)15(18(2)3)16(12-17)10-5-11-16/h6-9,15H,4-5,10-12,17H2,1-3H3. The van der Waals surface area contributed by atoms with Crippen LogP contribution in [0.2, 0.25) is 0 Å². The minimum absolute atomic E-state index is 0.303. The van der Waals surface area contributed by atoms with Crippen molar-refractivity contribution >= 4 is 0 Å². The van der Waals surface area contributed by atoms with Crippen molar-refractivity contribution in [2.24, 2.45) is 11.1 Å². The summed E-state index contributed by atoms with van der Waals surface area (Å²) in [5.74, 6) is 0. The second kappa shape index (κ2) is 5.41. The molecule has 2 heteroatoms. The summed E-state index contributed by atoms with van der Waals surface area (Å²) in [6.45, 7) is 3.00. The average Bonchev–Trinajstić information content (AvgIpc) is 2.33. The third-order valence-electron chi connectivity index (χ3n) is 4.56. The Morgan fingerprint density at radius 1 is 1.22 bits per heavy atom. The highest BCUT2D eigenvalue weighted by atomic mass is 15.1. The van der Waals surface area contributed by atoms with E-state index in [1.54, 1.807) is 0 Å². The lowest BCUT2D eigenvalue weighted by atomic mass is 9.62. The van der Waals surface area contributed by atoms with Crippen molar-refractivity contribution in [3.8, 4) is 0 Å². The Bertz CT molecular complexity index is 371. The molecule has 2 N–H and O–H groups in total. The lowest BCUT2D eigenvalue weighted by Crippen LogP contribution is -2.47. The van der Waals surface area contributed by atoms with E-state index in [9.17, 15) is 0 Å². The van der Waals surface area contributed by atoms with Crippen molar-refractivity contribution in [3.05, 3.63) is 35.4 Å². The predicted molar refractivity (Wildman–Crippen MR) is 77.6 cm³/mol. The maximum absolute atomic E-state index is 6.07. The molecule has 1 aromatic rings. The highest BCUT2D eigenvalue weighted by molar-refractivity contribution is 5.27. The Morgan fingerprint density at radius 2 is 1.83 bits per heavy atom. The first-order valence-electron chi connectivity index (χ1n) is 7.08. The van der Waals surface area contributed by atoms with Gasteiger partial charge in [-0.05, 0) is 51.0 Å². The number of hydrogen-bond acceptors (Lipinski definition) is 2. The van der Waals surface area contributed by atoms with E-state index < -0.39 is 0 Å². The fraction of sp³-hybridized carbons (Fsp3) is 0.625. The molecule has 0 heterocycles. The number of nitrogens with two attached hydrogens (primary N) is 1.